The number of aromatic nitrogens is 4. The van der Waals surface area contributed by atoms with Gasteiger partial charge in [0.1, 0.15) is 44.4 Å². The molecule has 0 amide bonds. The van der Waals surface area contributed by atoms with Crippen LogP contribution < -0.4 is 14.2 Å². The molecule has 4 heterocycles. The van der Waals surface area contributed by atoms with Crippen LogP contribution in [0.4, 0.5) is 0 Å². The Morgan fingerprint density at radius 1 is 1.03 bits per heavy atom. The molecule has 0 atom stereocenters. The third-order valence-corrected chi connectivity index (χ3v) is 7.56. The largest absolute Gasteiger partial charge is 0.496 e. The summed E-state index contributed by atoms with van der Waals surface area (Å²) in [6, 6.07) is 15.4. The van der Waals surface area contributed by atoms with E-state index in [2.05, 4.69) is 15.1 Å². The van der Waals surface area contributed by atoms with Gasteiger partial charge in [0.25, 0.3) is 5.19 Å². The van der Waals surface area contributed by atoms with Crippen molar-refractivity contribution >= 4 is 50.2 Å². The SMILES string of the molecule is COc1cc(OCc2nc(-c3ccccc3)sc2Cl)c2cc(-c3cn4nc(OC)sc4n3)oc2c1. The third-order valence-electron chi connectivity index (χ3n) is 5.30. The zero-order valence-electron chi connectivity index (χ0n) is 18.5. The van der Waals surface area contributed by atoms with Crippen LogP contribution in [-0.4, -0.2) is 33.8 Å². The monoisotopic (exact) mass is 524 g/mol. The zero-order valence-corrected chi connectivity index (χ0v) is 20.9. The molecule has 6 rings (SSSR count). The minimum Gasteiger partial charge on any atom is -0.496 e. The first-order valence-electron chi connectivity index (χ1n) is 10.5. The van der Waals surface area contributed by atoms with Crippen molar-refractivity contribution in [1.82, 2.24) is 19.6 Å². The highest BCUT2D eigenvalue weighted by Gasteiger charge is 2.18. The Hall–Kier alpha value is -3.60. The van der Waals surface area contributed by atoms with Gasteiger partial charge in [0, 0.05) is 17.7 Å². The van der Waals surface area contributed by atoms with Crippen LogP contribution in [0.2, 0.25) is 4.34 Å². The first-order valence-corrected chi connectivity index (χ1v) is 12.5. The van der Waals surface area contributed by atoms with E-state index >= 15 is 0 Å². The van der Waals surface area contributed by atoms with Gasteiger partial charge in [-0.25, -0.2) is 14.5 Å². The van der Waals surface area contributed by atoms with E-state index in [1.165, 1.54) is 22.7 Å². The maximum Gasteiger partial charge on any atom is 0.294 e. The summed E-state index contributed by atoms with van der Waals surface area (Å²) in [5.41, 5.74) is 2.96. The highest BCUT2D eigenvalue weighted by Crippen LogP contribution is 2.38. The predicted octanol–water partition coefficient (Wildman–Crippen LogP) is 6.58. The molecule has 0 fully saturated rings. The van der Waals surface area contributed by atoms with Gasteiger partial charge in [-0.15, -0.1) is 16.4 Å². The molecule has 176 valence electrons. The molecule has 0 aliphatic carbocycles. The molecule has 11 heteroatoms. The summed E-state index contributed by atoms with van der Waals surface area (Å²) < 4.78 is 25.2. The molecule has 2 aromatic carbocycles. The quantitative estimate of drug-likeness (QED) is 0.233. The number of furan rings is 1. The summed E-state index contributed by atoms with van der Waals surface area (Å²) in [5, 5.41) is 6.50. The highest BCUT2D eigenvalue weighted by molar-refractivity contribution is 7.19. The fourth-order valence-corrected chi connectivity index (χ4v) is 5.42. The van der Waals surface area contributed by atoms with Gasteiger partial charge in [0.15, 0.2) is 5.76 Å². The van der Waals surface area contributed by atoms with E-state index < -0.39 is 0 Å². The van der Waals surface area contributed by atoms with E-state index in [0.29, 0.717) is 48.7 Å². The average molecular weight is 525 g/mol. The smallest absolute Gasteiger partial charge is 0.294 e. The number of nitrogens with zero attached hydrogens (tertiary/aromatic N) is 4. The van der Waals surface area contributed by atoms with Crippen LogP contribution in [0.3, 0.4) is 0 Å². The van der Waals surface area contributed by atoms with Gasteiger partial charge in [-0.2, -0.15) is 0 Å². The summed E-state index contributed by atoms with van der Waals surface area (Å²) in [5.74, 6) is 1.80. The first kappa shape index (κ1) is 21.9. The highest BCUT2D eigenvalue weighted by atomic mass is 35.5. The van der Waals surface area contributed by atoms with Gasteiger partial charge in [-0.1, -0.05) is 41.9 Å². The van der Waals surface area contributed by atoms with Crippen LogP contribution in [-0.2, 0) is 6.61 Å². The number of methoxy groups -OCH3 is 2. The van der Waals surface area contributed by atoms with E-state index in [1.807, 2.05) is 48.5 Å². The maximum absolute atomic E-state index is 6.48. The van der Waals surface area contributed by atoms with Crippen LogP contribution in [0.25, 0.3) is 38.0 Å². The molecule has 4 aromatic heterocycles. The summed E-state index contributed by atoms with van der Waals surface area (Å²) in [6.07, 6.45) is 1.80. The van der Waals surface area contributed by atoms with Crippen molar-refractivity contribution in [2.45, 2.75) is 6.61 Å². The van der Waals surface area contributed by atoms with Crippen LogP contribution in [0.5, 0.6) is 16.7 Å². The normalized spacial score (nSPS) is 11.4. The van der Waals surface area contributed by atoms with Crippen molar-refractivity contribution in [2.75, 3.05) is 14.2 Å². The molecule has 0 spiro atoms. The molecule has 0 aliphatic rings. The summed E-state index contributed by atoms with van der Waals surface area (Å²) in [6.45, 7) is 0.203. The molecule has 35 heavy (non-hydrogen) atoms. The summed E-state index contributed by atoms with van der Waals surface area (Å²) >= 11 is 9.26. The molecular weight excluding hydrogens is 508 g/mol. The fourth-order valence-electron chi connectivity index (χ4n) is 3.60. The van der Waals surface area contributed by atoms with Crippen molar-refractivity contribution < 1.29 is 18.6 Å². The Balaban J connectivity index is 1.32. The van der Waals surface area contributed by atoms with Crippen LogP contribution >= 0.6 is 34.3 Å². The second-order valence-electron chi connectivity index (χ2n) is 7.47. The Morgan fingerprint density at radius 2 is 1.89 bits per heavy atom. The van der Waals surface area contributed by atoms with Gasteiger partial charge < -0.3 is 18.6 Å². The molecule has 0 aliphatic heterocycles. The molecule has 0 N–H and O–H groups in total. The van der Waals surface area contributed by atoms with Crippen molar-refractivity contribution in [3.8, 4) is 38.7 Å². The second-order valence-corrected chi connectivity index (χ2v) is 9.99. The van der Waals surface area contributed by atoms with Crippen molar-refractivity contribution in [2.24, 2.45) is 0 Å². The van der Waals surface area contributed by atoms with Crippen molar-refractivity contribution in [1.29, 1.82) is 0 Å². The molecule has 0 saturated carbocycles. The number of fused-ring (bicyclic) bond motifs is 2. The third kappa shape index (κ3) is 4.09. The fraction of sp³-hybridized carbons (Fsp3) is 0.125. The Kier molecular flexibility index (Phi) is 5.56. The van der Waals surface area contributed by atoms with Gasteiger partial charge >= 0.3 is 0 Å². The first-order chi connectivity index (χ1) is 17.1. The maximum atomic E-state index is 6.48. The van der Waals surface area contributed by atoms with Crippen molar-refractivity contribution in [3.63, 3.8) is 0 Å². The Labute approximate surface area is 212 Å². The van der Waals surface area contributed by atoms with Gasteiger partial charge in [-0.3, -0.25) is 0 Å². The second kappa shape index (κ2) is 8.88. The number of imidazole rings is 1. The lowest BCUT2D eigenvalue weighted by Crippen LogP contribution is -1.97. The number of hydrogen-bond donors (Lipinski definition) is 0. The van der Waals surface area contributed by atoms with E-state index in [4.69, 9.17) is 30.2 Å². The van der Waals surface area contributed by atoms with Crippen molar-refractivity contribution in [3.05, 3.63) is 64.8 Å². The lowest BCUT2D eigenvalue weighted by Gasteiger charge is -2.08. The number of rotatable bonds is 7. The topological polar surface area (TPSA) is 83.9 Å². The molecule has 0 bridgehead atoms. The minimum absolute atomic E-state index is 0.203. The van der Waals surface area contributed by atoms with Gasteiger partial charge in [-0.05, 0) is 17.4 Å². The van der Waals surface area contributed by atoms with E-state index in [1.54, 1.807) is 24.9 Å². The van der Waals surface area contributed by atoms with Crippen LogP contribution in [0.15, 0.2) is 59.1 Å². The lowest BCUT2D eigenvalue weighted by molar-refractivity contribution is 0.303. The predicted molar refractivity (Wildman–Crippen MR) is 136 cm³/mol. The van der Waals surface area contributed by atoms with Gasteiger partial charge in [0.05, 0.1) is 25.8 Å². The molecule has 0 unspecified atom stereocenters. The number of ether oxygens (including phenoxy) is 3. The lowest BCUT2D eigenvalue weighted by atomic mass is 10.2. The standard InChI is InChI=1S/C24H17ClN4O4S2/c1-30-14-8-18(32-12-17-21(25)34-22(26-17)13-6-4-3-5-7-13)15-10-20(33-19(15)9-14)16-11-29-23(27-16)35-24(28-29)31-2/h3-11H,12H2,1-2H3. The number of halogens is 1. The van der Waals surface area contributed by atoms with E-state index in [0.717, 1.165) is 16.0 Å². The molecule has 8 nitrogen and oxygen atoms in total. The number of hydrogen-bond acceptors (Lipinski definition) is 9. The van der Waals surface area contributed by atoms with Crippen LogP contribution in [0.1, 0.15) is 5.69 Å². The zero-order chi connectivity index (χ0) is 23.9. The minimum atomic E-state index is 0.203. The van der Waals surface area contributed by atoms with Gasteiger partial charge in [0.2, 0.25) is 4.96 Å². The molecule has 0 saturated heterocycles. The van der Waals surface area contributed by atoms with E-state index in [9.17, 15) is 0 Å². The molecule has 6 aromatic rings. The average Bonchev–Trinajstić information content (AvgIpc) is 3.64. The Bertz CT molecular complexity index is 1620. The molecule has 0 radical (unpaired) electrons. The number of thiazole rings is 1. The summed E-state index contributed by atoms with van der Waals surface area (Å²) in [7, 11) is 3.18. The molecular formula is C24H17ClN4O4S2. The number of benzene rings is 2. The van der Waals surface area contributed by atoms with Crippen LogP contribution in [0, 0.1) is 0 Å². The summed E-state index contributed by atoms with van der Waals surface area (Å²) in [4.78, 5) is 9.99. The Morgan fingerprint density at radius 3 is 2.66 bits per heavy atom. The van der Waals surface area contributed by atoms with E-state index in [-0.39, 0.29) is 6.61 Å².